The molecule has 0 unspecified atom stereocenters. The van der Waals surface area contributed by atoms with Gasteiger partial charge in [-0.15, -0.1) is 0 Å². The molecular formula is C16H19ClN2O2. The van der Waals surface area contributed by atoms with E-state index < -0.39 is 17.1 Å². The van der Waals surface area contributed by atoms with E-state index in [1.807, 2.05) is 0 Å². The van der Waals surface area contributed by atoms with E-state index in [-0.39, 0.29) is 0 Å². The summed E-state index contributed by atoms with van der Waals surface area (Å²) in [4.78, 5) is 11.8. The molecule has 1 saturated carbocycles. The summed E-state index contributed by atoms with van der Waals surface area (Å²) in [5.74, 6) is 0. The number of ether oxygens (including phenoxy) is 1. The fourth-order valence-electron chi connectivity index (χ4n) is 2.36. The van der Waals surface area contributed by atoms with Crippen LogP contribution < -0.4 is 5.32 Å². The molecule has 5 heteroatoms. The van der Waals surface area contributed by atoms with Crippen LogP contribution in [0.3, 0.4) is 0 Å². The van der Waals surface area contributed by atoms with E-state index in [0.29, 0.717) is 10.7 Å². The highest BCUT2D eigenvalue weighted by Crippen LogP contribution is 2.46. The van der Waals surface area contributed by atoms with E-state index in [2.05, 4.69) is 11.4 Å². The summed E-state index contributed by atoms with van der Waals surface area (Å²) in [6.45, 7) is 5.41. The van der Waals surface area contributed by atoms with Crippen LogP contribution in [0.15, 0.2) is 18.2 Å². The van der Waals surface area contributed by atoms with Crippen molar-refractivity contribution >= 4 is 23.4 Å². The quantitative estimate of drug-likeness (QED) is 0.866. The van der Waals surface area contributed by atoms with Crippen LogP contribution in [-0.2, 0) is 10.2 Å². The van der Waals surface area contributed by atoms with Crippen LogP contribution in [-0.4, -0.2) is 11.7 Å². The first-order chi connectivity index (χ1) is 9.76. The van der Waals surface area contributed by atoms with Crippen LogP contribution in [0.25, 0.3) is 0 Å². The predicted molar refractivity (Wildman–Crippen MR) is 82.5 cm³/mol. The molecule has 0 saturated heterocycles. The number of nitrogens with zero attached hydrogens (tertiary/aromatic N) is 1. The molecule has 1 aromatic rings. The Morgan fingerprint density at radius 2 is 2.10 bits per heavy atom. The molecule has 0 bridgehead atoms. The average Bonchev–Trinajstić information content (AvgIpc) is 2.30. The maximum atomic E-state index is 11.8. The third-order valence-corrected chi connectivity index (χ3v) is 3.88. The second-order valence-corrected chi connectivity index (χ2v) is 6.78. The summed E-state index contributed by atoms with van der Waals surface area (Å²) in [6, 6.07) is 7.55. The second-order valence-electron chi connectivity index (χ2n) is 6.37. The number of carbonyl (C=O) groups is 1. The highest BCUT2D eigenvalue weighted by molar-refractivity contribution is 6.31. The van der Waals surface area contributed by atoms with Crippen molar-refractivity contribution in [2.24, 2.45) is 0 Å². The molecule has 0 spiro atoms. The van der Waals surface area contributed by atoms with Crippen LogP contribution in [0.5, 0.6) is 0 Å². The molecule has 1 aromatic carbocycles. The van der Waals surface area contributed by atoms with E-state index in [4.69, 9.17) is 16.3 Å². The van der Waals surface area contributed by atoms with Gasteiger partial charge in [-0.25, -0.2) is 4.79 Å². The fourth-order valence-corrected chi connectivity index (χ4v) is 2.66. The molecule has 0 radical (unpaired) electrons. The Labute approximate surface area is 130 Å². The number of halogens is 1. The van der Waals surface area contributed by atoms with Crippen LogP contribution in [0, 0.1) is 11.3 Å². The van der Waals surface area contributed by atoms with E-state index in [1.54, 1.807) is 39.0 Å². The summed E-state index contributed by atoms with van der Waals surface area (Å²) in [7, 11) is 0. The first kappa shape index (κ1) is 15.7. The van der Waals surface area contributed by atoms with Gasteiger partial charge in [-0.3, -0.25) is 5.32 Å². The zero-order valence-corrected chi connectivity index (χ0v) is 13.3. The number of amides is 1. The maximum Gasteiger partial charge on any atom is 0.412 e. The van der Waals surface area contributed by atoms with E-state index in [1.165, 1.54) is 0 Å². The normalized spacial score (nSPS) is 16.5. The zero-order valence-electron chi connectivity index (χ0n) is 12.5. The lowest BCUT2D eigenvalue weighted by Crippen LogP contribution is -2.33. The second kappa shape index (κ2) is 5.57. The lowest BCUT2D eigenvalue weighted by Gasteiger charge is -2.36. The SMILES string of the molecule is CC(C)(C)OC(=O)Nc1ccc(Cl)c(C2(C#N)CCC2)c1. The van der Waals surface area contributed by atoms with Crippen LogP contribution in [0.1, 0.15) is 45.6 Å². The molecular weight excluding hydrogens is 288 g/mol. The number of anilines is 1. The van der Waals surface area contributed by atoms with Crippen molar-refractivity contribution in [2.45, 2.75) is 51.0 Å². The lowest BCUT2D eigenvalue weighted by molar-refractivity contribution is 0.0636. The van der Waals surface area contributed by atoms with Crippen molar-refractivity contribution in [3.8, 4) is 6.07 Å². The van der Waals surface area contributed by atoms with Gasteiger partial charge in [-0.05, 0) is 63.8 Å². The summed E-state index contributed by atoms with van der Waals surface area (Å²) in [5.41, 5.74) is 0.306. The topological polar surface area (TPSA) is 62.1 Å². The molecule has 1 N–H and O–H groups in total. The predicted octanol–water partition coefficient (Wildman–Crippen LogP) is 4.63. The van der Waals surface area contributed by atoms with Crippen molar-refractivity contribution in [3.05, 3.63) is 28.8 Å². The number of rotatable bonds is 2. The minimum atomic E-state index is -0.554. The molecule has 0 aromatic heterocycles. The maximum absolute atomic E-state index is 11.8. The van der Waals surface area contributed by atoms with Crippen molar-refractivity contribution in [2.75, 3.05) is 5.32 Å². The monoisotopic (exact) mass is 306 g/mol. The van der Waals surface area contributed by atoms with Crippen LogP contribution in [0.4, 0.5) is 10.5 Å². The first-order valence-electron chi connectivity index (χ1n) is 6.97. The Kier molecular flexibility index (Phi) is 4.15. The van der Waals surface area contributed by atoms with Gasteiger partial charge in [0.25, 0.3) is 0 Å². The highest BCUT2D eigenvalue weighted by atomic mass is 35.5. The van der Waals surface area contributed by atoms with Gasteiger partial charge < -0.3 is 4.74 Å². The number of nitrogens with one attached hydrogen (secondary N) is 1. The fraction of sp³-hybridized carbons (Fsp3) is 0.500. The summed E-state index contributed by atoms with van der Waals surface area (Å²) >= 11 is 6.22. The largest absolute Gasteiger partial charge is 0.444 e. The van der Waals surface area contributed by atoms with Gasteiger partial charge in [-0.2, -0.15) is 5.26 Å². The van der Waals surface area contributed by atoms with Gasteiger partial charge in [0.05, 0.1) is 11.5 Å². The van der Waals surface area contributed by atoms with E-state index in [9.17, 15) is 10.1 Å². The Hall–Kier alpha value is -1.73. The van der Waals surface area contributed by atoms with Crippen LogP contribution in [0.2, 0.25) is 5.02 Å². The average molecular weight is 307 g/mol. The summed E-state index contributed by atoms with van der Waals surface area (Å²) < 4.78 is 5.22. The van der Waals surface area contributed by atoms with E-state index in [0.717, 1.165) is 24.8 Å². The van der Waals surface area contributed by atoms with Gasteiger partial charge >= 0.3 is 6.09 Å². The number of benzene rings is 1. The smallest absolute Gasteiger partial charge is 0.412 e. The first-order valence-corrected chi connectivity index (χ1v) is 7.35. The number of carbonyl (C=O) groups excluding carboxylic acids is 1. The molecule has 0 atom stereocenters. The zero-order chi connectivity index (χ0) is 15.7. The summed E-state index contributed by atoms with van der Waals surface area (Å²) in [6.07, 6.45) is 2.11. The minimum Gasteiger partial charge on any atom is -0.444 e. The Bertz CT molecular complexity index is 595. The number of nitriles is 1. The molecule has 0 heterocycles. The third-order valence-electron chi connectivity index (χ3n) is 3.55. The molecule has 1 aliphatic carbocycles. The van der Waals surface area contributed by atoms with Crippen molar-refractivity contribution in [1.82, 2.24) is 0 Å². The highest BCUT2D eigenvalue weighted by Gasteiger charge is 2.40. The molecule has 1 fully saturated rings. The standard InChI is InChI=1S/C16H19ClN2O2/c1-15(2,3)21-14(20)19-11-5-6-13(17)12(9-11)16(10-18)7-4-8-16/h5-6,9H,4,7-8H2,1-3H3,(H,19,20). The van der Waals surface area contributed by atoms with Gasteiger partial charge in [0, 0.05) is 10.7 Å². The van der Waals surface area contributed by atoms with Gasteiger partial charge in [0.1, 0.15) is 5.60 Å². The molecule has 4 nitrogen and oxygen atoms in total. The number of hydrogen-bond acceptors (Lipinski definition) is 3. The minimum absolute atomic E-state index is 0.511. The van der Waals surface area contributed by atoms with Gasteiger partial charge in [-0.1, -0.05) is 11.6 Å². The Morgan fingerprint density at radius 3 is 2.57 bits per heavy atom. The lowest BCUT2D eigenvalue weighted by atomic mass is 9.65. The molecule has 1 amide bonds. The Balaban J connectivity index is 2.20. The van der Waals surface area contributed by atoms with Crippen LogP contribution >= 0.6 is 11.6 Å². The van der Waals surface area contributed by atoms with E-state index >= 15 is 0 Å². The van der Waals surface area contributed by atoms with Crippen molar-refractivity contribution in [3.63, 3.8) is 0 Å². The molecule has 112 valence electrons. The molecule has 0 aliphatic heterocycles. The third kappa shape index (κ3) is 3.48. The summed E-state index contributed by atoms with van der Waals surface area (Å²) in [5, 5.41) is 12.7. The van der Waals surface area contributed by atoms with Crippen molar-refractivity contribution < 1.29 is 9.53 Å². The molecule has 2 rings (SSSR count). The van der Waals surface area contributed by atoms with Gasteiger partial charge in [0.15, 0.2) is 0 Å². The van der Waals surface area contributed by atoms with Gasteiger partial charge in [0.2, 0.25) is 0 Å². The molecule has 21 heavy (non-hydrogen) atoms. The van der Waals surface area contributed by atoms with Crippen molar-refractivity contribution in [1.29, 1.82) is 5.26 Å². The Morgan fingerprint density at radius 1 is 1.43 bits per heavy atom. The number of hydrogen-bond donors (Lipinski definition) is 1. The molecule has 1 aliphatic rings.